The Bertz CT molecular complexity index is 408. The van der Waals surface area contributed by atoms with Crippen molar-refractivity contribution in [2.45, 2.75) is 32.0 Å². The first-order valence-corrected chi connectivity index (χ1v) is 6.57. The highest BCUT2D eigenvalue weighted by atomic mass is 79.9. The summed E-state index contributed by atoms with van der Waals surface area (Å²) >= 11 is 3.40. The zero-order chi connectivity index (χ0) is 12.5. The fourth-order valence-electron chi connectivity index (χ4n) is 2.11. The summed E-state index contributed by atoms with van der Waals surface area (Å²) in [6.07, 6.45) is 0.0536. The molecule has 94 valence electrons. The van der Waals surface area contributed by atoms with Gasteiger partial charge >= 0.3 is 0 Å². The molecule has 0 aliphatic carbocycles. The summed E-state index contributed by atoms with van der Waals surface area (Å²) in [5.41, 5.74) is 0.393. The van der Waals surface area contributed by atoms with Crippen LogP contribution in [0.5, 0.6) is 5.75 Å². The number of fused-ring (bicyclic) bond motifs is 1. The van der Waals surface area contributed by atoms with Gasteiger partial charge in [-0.2, -0.15) is 0 Å². The molecule has 1 N–H and O–H groups in total. The van der Waals surface area contributed by atoms with E-state index in [1.54, 1.807) is 0 Å². The van der Waals surface area contributed by atoms with Gasteiger partial charge in [-0.05, 0) is 32.0 Å². The second-order valence-corrected chi connectivity index (χ2v) is 5.51. The largest absolute Gasteiger partial charge is 0.485 e. The molecule has 1 heterocycles. The number of halogens is 1. The number of rotatable bonds is 3. The molecule has 0 bridgehead atoms. The van der Waals surface area contributed by atoms with Gasteiger partial charge in [0.15, 0.2) is 0 Å². The van der Waals surface area contributed by atoms with Gasteiger partial charge in [-0.25, -0.2) is 0 Å². The van der Waals surface area contributed by atoms with Gasteiger partial charge in [0.2, 0.25) is 0 Å². The van der Waals surface area contributed by atoms with Crippen molar-refractivity contribution in [2.24, 2.45) is 0 Å². The lowest BCUT2D eigenvalue weighted by Crippen LogP contribution is -2.42. The molecule has 0 spiro atoms. The molecule has 1 aromatic rings. The third-order valence-electron chi connectivity index (χ3n) is 2.92. The fraction of sp³-hybridized carbons (Fsp3) is 0.538. The second kappa shape index (κ2) is 4.96. The minimum absolute atomic E-state index is 0.448. The lowest BCUT2D eigenvalue weighted by molar-refractivity contribution is -0.0575. The van der Waals surface area contributed by atoms with Crippen LogP contribution in [-0.4, -0.2) is 23.9 Å². The topological polar surface area (TPSA) is 38.7 Å². The van der Waals surface area contributed by atoms with E-state index in [0.717, 1.165) is 15.8 Å². The lowest BCUT2D eigenvalue weighted by atomic mass is 9.91. The van der Waals surface area contributed by atoms with Gasteiger partial charge in [0.25, 0.3) is 0 Å². The molecule has 0 aromatic heterocycles. The first kappa shape index (κ1) is 12.9. The molecule has 0 saturated carbocycles. The molecule has 3 nitrogen and oxygen atoms in total. The van der Waals surface area contributed by atoms with Crippen molar-refractivity contribution in [3.8, 4) is 5.75 Å². The van der Waals surface area contributed by atoms with Crippen LogP contribution in [0.25, 0.3) is 0 Å². The Morgan fingerprint density at radius 3 is 3.06 bits per heavy atom. The molecule has 2 atom stereocenters. The molecule has 2 rings (SSSR count). The summed E-state index contributed by atoms with van der Waals surface area (Å²) in [7, 11) is 0. The van der Waals surface area contributed by atoms with E-state index in [4.69, 9.17) is 9.47 Å². The molecule has 0 fully saturated rings. The Morgan fingerprint density at radius 1 is 1.59 bits per heavy atom. The highest BCUT2D eigenvalue weighted by molar-refractivity contribution is 9.10. The minimum atomic E-state index is -0.498. The van der Waals surface area contributed by atoms with Gasteiger partial charge < -0.3 is 14.6 Å². The maximum atomic E-state index is 10.2. The standard InChI is InChI=1S/C13H17BrO3/c1-3-16-8-13(2)7-11(15)10-6-9(14)4-5-12(10)17-13/h4-6,11,15H,3,7-8H2,1-2H3/t11-,13?/m1/s1. The average molecular weight is 301 g/mol. The van der Waals surface area contributed by atoms with Gasteiger partial charge in [-0.3, -0.25) is 0 Å². The monoisotopic (exact) mass is 300 g/mol. The maximum Gasteiger partial charge on any atom is 0.132 e. The van der Waals surface area contributed by atoms with Crippen LogP contribution in [0.4, 0.5) is 0 Å². The van der Waals surface area contributed by atoms with Crippen LogP contribution in [0.1, 0.15) is 31.9 Å². The normalized spacial score (nSPS) is 27.4. The minimum Gasteiger partial charge on any atom is -0.485 e. The highest BCUT2D eigenvalue weighted by Gasteiger charge is 2.36. The van der Waals surface area contributed by atoms with E-state index in [1.165, 1.54) is 0 Å². The molecule has 1 aliphatic heterocycles. The lowest BCUT2D eigenvalue weighted by Gasteiger charge is -2.38. The Kier molecular flexibility index (Phi) is 3.76. The molecule has 0 radical (unpaired) electrons. The number of aliphatic hydroxyl groups excluding tert-OH is 1. The second-order valence-electron chi connectivity index (χ2n) is 4.59. The summed E-state index contributed by atoms with van der Waals surface area (Å²) in [4.78, 5) is 0. The van der Waals surface area contributed by atoms with Crippen molar-refractivity contribution in [3.05, 3.63) is 28.2 Å². The fourth-order valence-corrected chi connectivity index (χ4v) is 2.48. The van der Waals surface area contributed by atoms with Crippen molar-refractivity contribution in [1.82, 2.24) is 0 Å². The molecular formula is C13H17BrO3. The van der Waals surface area contributed by atoms with Crippen LogP contribution >= 0.6 is 15.9 Å². The van der Waals surface area contributed by atoms with Crippen LogP contribution in [-0.2, 0) is 4.74 Å². The van der Waals surface area contributed by atoms with E-state index >= 15 is 0 Å². The Hall–Kier alpha value is -0.580. The van der Waals surface area contributed by atoms with Crippen LogP contribution in [0.3, 0.4) is 0 Å². The number of ether oxygens (including phenoxy) is 2. The third-order valence-corrected chi connectivity index (χ3v) is 3.42. The smallest absolute Gasteiger partial charge is 0.132 e. The van der Waals surface area contributed by atoms with Gasteiger partial charge in [-0.15, -0.1) is 0 Å². The van der Waals surface area contributed by atoms with Crippen LogP contribution in [0, 0.1) is 0 Å². The van der Waals surface area contributed by atoms with Crippen molar-refractivity contribution in [1.29, 1.82) is 0 Å². The van der Waals surface area contributed by atoms with E-state index in [2.05, 4.69) is 15.9 Å². The van der Waals surface area contributed by atoms with Crippen molar-refractivity contribution >= 4 is 15.9 Å². The summed E-state index contributed by atoms with van der Waals surface area (Å²) in [6, 6.07) is 5.70. The zero-order valence-electron chi connectivity index (χ0n) is 10.1. The molecule has 1 aliphatic rings. The van der Waals surface area contributed by atoms with Crippen molar-refractivity contribution in [2.75, 3.05) is 13.2 Å². The summed E-state index contributed by atoms with van der Waals surface area (Å²) in [5.74, 6) is 0.745. The predicted octanol–water partition coefficient (Wildman–Crippen LogP) is 3.06. The highest BCUT2D eigenvalue weighted by Crippen LogP contribution is 2.40. The zero-order valence-corrected chi connectivity index (χ0v) is 11.7. The number of aliphatic hydroxyl groups is 1. The third kappa shape index (κ3) is 2.81. The van der Waals surface area contributed by atoms with Crippen LogP contribution in [0.15, 0.2) is 22.7 Å². The molecular weight excluding hydrogens is 284 g/mol. The van der Waals surface area contributed by atoms with Gasteiger partial charge in [0.1, 0.15) is 11.4 Å². The summed E-state index contributed by atoms with van der Waals surface area (Å²) < 4.78 is 12.3. The van der Waals surface area contributed by atoms with E-state index < -0.39 is 11.7 Å². The molecule has 1 aromatic carbocycles. The van der Waals surface area contributed by atoms with Gasteiger partial charge in [-0.1, -0.05) is 15.9 Å². The van der Waals surface area contributed by atoms with Gasteiger partial charge in [0.05, 0.1) is 12.7 Å². The average Bonchev–Trinajstić information content (AvgIpc) is 2.28. The van der Waals surface area contributed by atoms with E-state index in [0.29, 0.717) is 19.6 Å². The number of hydrogen-bond acceptors (Lipinski definition) is 3. The maximum absolute atomic E-state index is 10.2. The SMILES string of the molecule is CCOCC1(C)C[C@@H](O)c2cc(Br)ccc2O1. The Labute approximate surface area is 110 Å². The summed E-state index contributed by atoms with van der Waals surface area (Å²) in [5, 5.41) is 10.2. The first-order valence-electron chi connectivity index (χ1n) is 5.78. The van der Waals surface area contributed by atoms with E-state index in [-0.39, 0.29) is 0 Å². The number of hydrogen-bond donors (Lipinski definition) is 1. The number of benzene rings is 1. The quantitative estimate of drug-likeness (QED) is 0.932. The van der Waals surface area contributed by atoms with Crippen molar-refractivity contribution < 1.29 is 14.6 Å². The van der Waals surface area contributed by atoms with E-state index in [9.17, 15) is 5.11 Å². The van der Waals surface area contributed by atoms with Gasteiger partial charge in [0, 0.05) is 23.1 Å². The molecule has 1 unspecified atom stereocenters. The van der Waals surface area contributed by atoms with Crippen LogP contribution < -0.4 is 4.74 Å². The molecule has 0 amide bonds. The van der Waals surface area contributed by atoms with E-state index in [1.807, 2.05) is 32.0 Å². The summed E-state index contributed by atoms with van der Waals surface area (Å²) in [6.45, 7) is 5.07. The van der Waals surface area contributed by atoms with Crippen molar-refractivity contribution in [3.63, 3.8) is 0 Å². The molecule has 17 heavy (non-hydrogen) atoms. The molecule has 4 heteroatoms. The Balaban J connectivity index is 2.23. The predicted molar refractivity (Wildman–Crippen MR) is 69.2 cm³/mol. The van der Waals surface area contributed by atoms with Crippen LogP contribution in [0.2, 0.25) is 0 Å². The molecule has 0 saturated heterocycles. The first-order chi connectivity index (χ1) is 8.04. The Morgan fingerprint density at radius 2 is 2.35 bits per heavy atom.